The molecule has 13 nitrogen and oxygen atoms in total. The molecule has 2 saturated heterocycles. The highest BCUT2D eigenvalue weighted by Crippen LogP contribution is 2.44. The molecule has 1 amide bonds. The minimum atomic E-state index is -2.65. The smallest absolute Gasteiger partial charge is 0.367 e. The molecule has 4 aliphatic heterocycles. The van der Waals surface area contributed by atoms with Crippen LogP contribution in [0.1, 0.15) is 83.7 Å². The van der Waals surface area contributed by atoms with Crippen LogP contribution in [0.4, 0.5) is 25.4 Å². The van der Waals surface area contributed by atoms with Gasteiger partial charge in [0.05, 0.1) is 18.8 Å². The number of amides is 1. The van der Waals surface area contributed by atoms with E-state index in [9.17, 15) is 23.5 Å². The number of aryl methyl sites for hydroxylation is 2. The van der Waals surface area contributed by atoms with Crippen molar-refractivity contribution in [2.24, 2.45) is 13.0 Å². The van der Waals surface area contributed by atoms with Crippen molar-refractivity contribution in [2.45, 2.75) is 70.9 Å². The van der Waals surface area contributed by atoms with Crippen LogP contribution in [0.5, 0.6) is 0 Å². The van der Waals surface area contributed by atoms with E-state index in [-0.39, 0.29) is 22.5 Å². The Labute approximate surface area is 304 Å². The number of alkyl halides is 2. The summed E-state index contributed by atoms with van der Waals surface area (Å²) in [5.41, 5.74) is 5.17. The first-order valence-corrected chi connectivity index (χ1v) is 19.1. The van der Waals surface area contributed by atoms with Crippen LogP contribution in [0.15, 0.2) is 24.5 Å². The number of hydrogen-bond acceptors (Lipinski definition) is 10. The van der Waals surface area contributed by atoms with E-state index in [1.165, 1.54) is 0 Å². The van der Waals surface area contributed by atoms with E-state index in [0.717, 1.165) is 111 Å². The summed E-state index contributed by atoms with van der Waals surface area (Å²) in [7, 11) is 1.79. The quantitative estimate of drug-likeness (QED) is 0.254. The number of benzene rings is 1. The zero-order valence-electron chi connectivity index (χ0n) is 29.5. The van der Waals surface area contributed by atoms with Gasteiger partial charge in [-0.15, -0.1) is 10.2 Å². The van der Waals surface area contributed by atoms with Crippen molar-refractivity contribution in [1.29, 1.82) is 0 Å². The lowest BCUT2D eigenvalue weighted by molar-refractivity contribution is -0.129. The van der Waals surface area contributed by atoms with Crippen LogP contribution in [-0.2, 0) is 31.2 Å². The molecule has 16 heteroatoms. The third kappa shape index (κ3) is 6.66. The molecule has 0 atom stereocenters. The normalized spacial score (nSPS) is 19.0. The van der Waals surface area contributed by atoms with Crippen molar-refractivity contribution < 1.29 is 23.5 Å². The lowest BCUT2D eigenvalue weighted by Crippen LogP contribution is -2.42. The maximum absolute atomic E-state index is 14.6. The molecular formula is C36H44F2N10O3S. The number of carboxylic acids is 1. The van der Waals surface area contributed by atoms with Gasteiger partial charge in [-0.2, -0.15) is 10.2 Å². The van der Waals surface area contributed by atoms with Gasteiger partial charge in [0.25, 0.3) is 6.43 Å². The van der Waals surface area contributed by atoms with Gasteiger partial charge >= 0.3 is 5.97 Å². The Morgan fingerprint density at radius 1 is 1.02 bits per heavy atom. The zero-order chi connectivity index (χ0) is 36.1. The van der Waals surface area contributed by atoms with E-state index in [4.69, 9.17) is 5.10 Å². The number of rotatable bonds is 8. The van der Waals surface area contributed by atoms with Crippen molar-refractivity contribution in [3.63, 3.8) is 0 Å². The van der Waals surface area contributed by atoms with E-state index >= 15 is 0 Å². The standard InChI is InChI=1S/C36H44F2N10O3S/c1-22(49)46-15-9-30-29(21-46)33(47-10-3-4-24-16-27(25-18-39-43(2)20-25)28(32(37)38)17-31(24)47)42-48(30)26-7-11-44(12-8-26)19-23-5-13-45(14-6-23)36-41-40-34(52-36)35(50)51/h16-18,20,23,26,32H,3-15,19,21H2,1-2H3,(H,50,51). The number of fused-ring (bicyclic) bond motifs is 2. The summed E-state index contributed by atoms with van der Waals surface area (Å²) in [6.07, 6.45) is 7.12. The van der Waals surface area contributed by atoms with Gasteiger partial charge in [0.15, 0.2) is 5.82 Å². The molecule has 52 heavy (non-hydrogen) atoms. The van der Waals surface area contributed by atoms with Crippen LogP contribution in [0.3, 0.4) is 0 Å². The summed E-state index contributed by atoms with van der Waals surface area (Å²) in [5.74, 6) is 0.341. The molecule has 0 aliphatic carbocycles. The molecule has 3 aromatic heterocycles. The first kappa shape index (κ1) is 34.6. The second-order valence-corrected chi connectivity index (χ2v) is 15.5. The maximum atomic E-state index is 14.6. The lowest BCUT2D eigenvalue weighted by Gasteiger charge is -2.38. The van der Waals surface area contributed by atoms with Gasteiger partial charge in [-0.05, 0) is 67.7 Å². The van der Waals surface area contributed by atoms with E-state index in [0.29, 0.717) is 48.2 Å². The number of halogens is 2. The van der Waals surface area contributed by atoms with Gasteiger partial charge in [-0.1, -0.05) is 11.3 Å². The zero-order valence-corrected chi connectivity index (χ0v) is 30.4. The Bertz CT molecular complexity index is 1960. The second-order valence-electron chi connectivity index (χ2n) is 14.6. The average molecular weight is 735 g/mol. The molecule has 0 radical (unpaired) electrons. The third-order valence-electron chi connectivity index (χ3n) is 11.3. The number of aromatic nitrogens is 6. The molecule has 0 bridgehead atoms. The van der Waals surface area contributed by atoms with E-state index < -0.39 is 12.4 Å². The van der Waals surface area contributed by atoms with E-state index in [1.54, 1.807) is 37.1 Å². The van der Waals surface area contributed by atoms with Crippen molar-refractivity contribution in [3.8, 4) is 11.1 Å². The molecule has 2 fully saturated rings. The van der Waals surface area contributed by atoms with Crippen LogP contribution < -0.4 is 9.80 Å². The van der Waals surface area contributed by atoms with Gasteiger partial charge in [-0.3, -0.25) is 14.2 Å². The summed E-state index contributed by atoms with van der Waals surface area (Å²) in [6.45, 7) is 8.03. The summed E-state index contributed by atoms with van der Waals surface area (Å²) >= 11 is 1.13. The molecule has 1 aromatic carbocycles. The van der Waals surface area contributed by atoms with Crippen molar-refractivity contribution in [3.05, 3.63) is 51.9 Å². The summed E-state index contributed by atoms with van der Waals surface area (Å²) < 4.78 is 33.1. The highest BCUT2D eigenvalue weighted by molar-refractivity contribution is 7.17. The van der Waals surface area contributed by atoms with Gasteiger partial charge in [-0.25, -0.2) is 13.6 Å². The predicted molar refractivity (Wildman–Crippen MR) is 192 cm³/mol. The van der Waals surface area contributed by atoms with Crippen LogP contribution >= 0.6 is 11.3 Å². The number of carboxylic acid groups (broad SMARTS) is 1. The van der Waals surface area contributed by atoms with Gasteiger partial charge < -0.3 is 24.7 Å². The van der Waals surface area contributed by atoms with Crippen molar-refractivity contribution >= 4 is 39.9 Å². The Morgan fingerprint density at radius 2 is 1.81 bits per heavy atom. The third-order valence-corrected chi connectivity index (χ3v) is 12.3. The molecule has 0 unspecified atom stereocenters. The van der Waals surface area contributed by atoms with Crippen molar-refractivity contribution in [2.75, 3.05) is 55.6 Å². The Balaban J connectivity index is 1.00. The van der Waals surface area contributed by atoms with Crippen LogP contribution in [0.25, 0.3) is 11.1 Å². The molecule has 7 heterocycles. The fraction of sp³-hybridized carbons (Fsp3) is 0.556. The van der Waals surface area contributed by atoms with Crippen LogP contribution in [0, 0.1) is 5.92 Å². The number of carbonyl (C=O) groups excluding carboxylic acids is 1. The molecular weight excluding hydrogens is 691 g/mol. The molecule has 0 saturated carbocycles. The minimum Gasteiger partial charge on any atom is -0.476 e. The SMILES string of the molecule is CC(=O)N1CCc2c(c(N3CCCc4cc(-c5cnn(C)c5)c(C(F)F)cc43)nn2C2CCN(CC3CCN(c4nnc(C(=O)O)s4)CC3)CC2)C1. The molecule has 1 N–H and O–H groups in total. The summed E-state index contributed by atoms with van der Waals surface area (Å²) in [5, 5.41) is 27.3. The Hall–Kier alpha value is -4.44. The second kappa shape index (κ2) is 14.2. The number of likely N-dealkylation sites (tertiary alicyclic amines) is 1. The first-order valence-electron chi connectivity index (χ1n) is 18.2. The Morgan fingerprint density at radius 3 is 2.48 bits per heavy atom. The van der Waals surface area contributed by atoms with E-state index in [2.05, 4.69) is 34.7 Å². The number of anilines is 3. The molecule has 276 valence electrons. The highest BCUT2D eigenvalue weighted by Gasteiger charge is 2.35. The number of nitrogens with zero attached hydrogens (tertiary/aromatic N) is 10. The fourth-order valence-electron chi connectivity index (χ4n) is 8.52. The number of piperidine rings is 2. The largest absolute Gasteiger partial charge is 0.476 e. The molecule has 4 aliphatic rings. The first-order chi connectivity index (χ1) is 25.1. The Kier molecular flexibility index (Phi) is 9.44. The maximum Gasteiger partial charge on any atom is 0.367 e. The lowest BCUT2D eigenvalue weighted by atomic mass is 9.92. The van der Waals surface area contributed by atoms with Gasteiger partial charge in [0.2, 0.25) is 16.0 Å². The fourth-order valence-corrected chi connectivity index (χ4v) is 9.26. The van der Waals surface area contributed by atoms with Crippen LogP contribution in [-0.4, -0.2) is 102 Å². The minimum absolute atomic E-state index is 0.0112. The number of aromatic carboxylic acids is 1. The average Bonchev–Trinajstić information content (AvgIpc) is 3.90. The molecule has 8 rings (SSSR count). The van der Waals surface area contributed by atoms with Gasteiger partial charge in [0.1, 0.15) is 0 Å². The highest BCUT2D eigenvalue weighted by atomic mass is 32.1. The molecule has 4 aromatic rings. The predicted octanol–water partition coefficient (Wildman–Crippen LogP) is 5.31. The molecule has 0 spiro atoms. The monoisotopic (exact) mass is 734 g/mol. The summed E-state index contributed by atoms with van der Waals surface area (Å²) in [4.78, 5) is 32.5. The van der Waals surface area contributed by atoms with Crippen molar-refractivity contribution in [1.82, 2.24) is 39.6 Å². The van der Waals surface area contributed by atoms with Gasteiger partial charge in [0, 0.05) is 100 Å². The number of carbonyl (C=O) groups is 2. The summed E-state index contributed by atoms with van der Waals surface area (Å²) in [6, 6.07) is 3.79. The van der Waals surface area contributed by atoms with E-state index in [1.807, 2.05) is 11.0 Å². The van der Waals surface area contributed by atoms with Crippen LogP contribution in [0.2, 0.25) is 0 Å². The topological polar surface area (TPSA) is 129 Å². The number of hydrogen-bond donors (Lipinski definition) is 1.